The minimum Gasteiger partial charge on any atom is -0.302 e. The lowest BCUT2D eigenvalue weighted by atomic mass is 10.1. The van der Waals surface area contributed by atoms with Crippen LogP contribution in [-0.4, -0.2) is 41.8 Å². The average Bonchev–Trinajstić information content (AvgIpc) is 2.86. The van der Waals surface area contributed by atoms with Crippen molar-refractivity contribution in [2.75, 3.05) is 20.1 Å². The summed E-state index contributed by atoms with van der Waals surface area (Å²) in [6.07, 6.45) is 1.78. The Morgan fingerprint density at radius 2 is 1.48 bits per heavy atom. The van der Waals surface area contributed by atoms with Crippen LogP contribution in [0.5, 0.6) is 0 Å². The fourth-order valence-corrected chi connectivity index (χ4v) is 3.18. The van der Waals surface area contributed by atoms with E-state index in [0.29, 0.717) is 17.7 Å². The molecule has 0 aromatic heterocycles. The van der Waals surface area contributed by atoms with E-state index in [1.54, 1.807) is 24.3 Å². The van der Waals surface area contributed by atoms with Crippen molar-refractivity contribution in [3.8, 4) is 0 Å². The van der Waals surface area contributed by atoms with Gasteiger partial charge in [0.05, 0.1) is 11.1 Å². The molecular weight excluding hydrogens is 312 g/mol. The Morgan fingerprint density at radius 3 is 2.08 bits per heavy atom. The average molecular weight is 336 g/mol. The highest BCUT2D eigenvalue weighted by Crippen LogP contribution is 2.22. The van der Waals surface area contributed by atoms with Gasteiger partial charge in [0.1, 0.15) is 0 Å². The summed E-state index contributed by atoms with van der Waals surface area (Å²) in [7, 11) is 2.10. The maximum Gasteiger partial charge on any atom is 0.261 e. The third kappa shape index (κ3) is 3.97. The molecule has 0 fully saturated rings. The smallest absolute Gasteiger partial charge is 0.261 e. The standard InChI is InChI=1S/C21H24N2O2/c1-16-9-11-17(12-10-16)15-22(2)13-5-6-14-23-20(24)18-7-3-4-8-19(18)21(23)25/h3-4,7-12H,5-6,13-15H2,1-2H3. The Bertz CT molecular complexity index is 733. The molecule has 4 nitrogen and oxygen atoms in total. The van der Waals surface area contributed by atoms with Crippen LogP contribution in [0.15, 0.2) is 48.5 Å². The second kappa shape index (κ2) is 7.62. The first-order valence-corrected chi connectivity index (χ1v) is 8.75. The third-order valence-corrected chi connectivity index (χ3v) is 4.62. The van der Waals surface area contributed by atoms with E-state index in [-0.39, 0.29) is 11.8 Å². The van der Waals surface area contributed by atoms with E-state index in [1.807, 2.05) is 0 Å². The number of hydrogen-bond donors (Lipinski definition) is 0. The van der Waals surface area contributed by atoms with E-state index in [2.05, 4.69) is 43.1 Å². The van der Waals surface area contributed by atoms with Crippen molar-refractivity contribution in [3.05, 3.63) is 70.8 Å². The number of fused-ring (bicyclic) bond motifs is 1. The molecule has 2 amide bonds. The van der Waals surface area contributed by atoms with Crippen LogP contribution in [-0.2, 0) is 6.54 Å². The second-order valence-corrected chi connectivity index (χ2v) is 6.74. The van der Waals surface area contributed by atoms with Crippen LogP contribution in [0.25, 0.3) is 0 Å². The Morgan fingerprint density at radius 1 is 0.880 bits per heavy atom. The molecule has 0 unspecified atom stereocenters. The van der Waals surface area contributed by atoms with Crippen LogP contribution in [0.3, 0.4) is 0 Å². The molecule has 1 aliphatic rings. The number of hydrogen-bond acceptors (Lipinski definition) is 3. The van der Waals surface area contributed by atoms with E-state index in [1.165, 1.54) is 16.0 Å². The zero-order valence-corrected chi connectivity index (χ0v) is 14.9. The van der Waals surface area contributed by atoms with Crippen LogP contribution in [0.1, 0.15) is 44.7 Å². The first-order chi connectivity index (χ1) is 12.1. The van der Waals surface area contributed by atoms with Crippen LogP contribution < -0.4 is 0 Å². The maximum absolute atomic E-state index is 12.3. The highest BCUT2D eigenvalue weighted by atomic mass is 16.2. The van der Waals surface area contributed by atoms with Crippen molar-refractivity contribution in [1.29, 1.82) is 0 Å². The van der Waals surface area contributed by atoms with Crippen LogP contribution >= 0.6 is 0 Å². The van der Waals surface area contributed by atoms with E-state index >= 15 is 0 Å². The van der Waals surface area contributed by atoms with Crippen molar-refractivity contribution < 1.29 is 9.59 Å². The first kappa shape index (κ1) is 17.4. The van der Waals surface area contributed by atoms with E-state index in [0.717, 1.165) is 25.9 Å². The van der Waals surface area contributed by atoms with Gasteiger partial charge in [-0.2, -0.15) is 0 Å². The van der Waals surface area contributed by atoms with E-state index < -0.39 is 0 Å². The fraction of sp³-hybridized carbons (Fsp3) is 0.333. The third-order valence-electron chi connectivity index (χ3n) is 4.62. The first-order valence-electron chi connectivity index (χ1n) is 8.75. The lowest BCUT2D eigenvalue weighted by Crippen LogP contribution is -2.31. The molecule has 0 spiro atoms. The number of imide groups is 1. The molecule has 1 aliphatic heterocycles. The zero-order chi connectivity index (χ0) is 17.8. The SMILES string of the molecule is Cc1ccc(CN(C)CCCCN2C(=O)c3ccccc3C2=O)cc1. The zero-order valence-electron chi connectivity index (χ0n) is 14.9. The number of carbonyl (C=O) groups is 2. The number of aryl methyl sites for hydroxylation is 1. The minimum absolute atomic E-state index is 0.159. The summed E-state index contributed by atoms with van der Waals surface area (Å²) in [5.74, 6) is -0.317. The van der Waals surface area contributed by atoms with Gasteiger partial charge < -0.3 is 4.90 Å². The highest BCUT2D eigenvalue weighted by Gasteiger charge is 2.34. The van der Waals surface area contributed by atoms with E-state index in [4.69, 9.17) is 0 Å². The number of unbranched alkanes of at least 4 members (excludes halogenated alkanes) is 1. The summed E-state index contributed by atoms with van der Waals surface area (Å²) < 4.78 is 0. The normalized spacial score (nSPS) is 13.6. The maximum atomic E-state index is 12.3. The Hall–Kier alpha value is -2.46. The molecule has 2 aromatic carbocycles. The van der Waals surface area contributed by atoms with Crippen molar-refractivity contribution in [1.82, 2.24) is 9.80 Å². The number of nitrogens with zero attached hydrogens (tertiary/aromatic N) is 2. The van der Waals surface area contributed by atoms with Gasteiger partial charge in [-0.05, 0) is 51.1 Å². The van der Waals surface area contributed by atoms with Gasteiger partial charge >= 0.3 is 0 Å². The number of carbonyl (C=O) groups excluding carboxylic acids is 2. The second-order valence-electron chi connectivity index (χ2n) is 6.74. The Balaban J connectivity index is 1.44. The van der Waals surface area contributed by atoms with Crippen molar-refractivity contribution in [2.24, 2.45) is 0 Å². The van der Waals surface area contributed by atoms with Gasteiger partial charge in [0, 0.05) is 13.1 Å². The van der Waals surface area contributed by atoms with Crippen molar-refractivity contribution in [3.63, 3.8) is 0 Å². The van der Waals surface area contributed by atoms with Gasteiger partial charge in [-0.3, -0.25) is 14.5 Å². The molecule has 0 radical (unpaired) electrons. The number of amides is 2. The lowest BCUT2D eigenvalue weighted by Gasteiger charge is -2.18. The highest BCUT2D eigenvalue weighted by molar-refractivity contribution is 6.21. The molecule has 25 heavy (non-hydrogen) atoms. The van der Waals surface area contributed by atoms with Crippen LogP contribution in [0.4, 0.5) is 0 Å². The monoisotopic (exact) mass is 336 g/mol. The number of rotatable bonds is 7. The molecule has 130 valence electrons. The minimum atomic E-state index is -0.159. The van der Waals surface area contributed by atoms with Crippen LogP contribution in [0.2, 0.25) is 0 Å². The van der Waals surface area contributed by atoms with Crippen molar-refractivity contribution in [2.45, 2.75) is 26.3 Å². The van der Waals surface area contributed by atoms with Crippen molar-refractivity contribution >= 4 is 11.8 Å². The molecule has 0 bridgehead atoms. The largest absolute Gasteiger partial charge is 0.302 e. The van der Waals surface area contributed by atoms with Gasteiger partial charge in [0.2, 0.25) is 0 Å². The van der Waals surface area contributed by atoms with Gasteiger partial charge in [0.15, 0.2) is 0 Å². The summed E-state index contributed by atoms with van der Waals surface area (Å²) >= 11 is 0. The molecule has 0 aliphatic carbocycles. The molecule has 0 saturated heterocycles. The van der Waals surface area contributed by atoms with E-state index in [9.17, 15) is 9.59 Å². The predicted octanol–water partition coefficient (Wildman–Crippen LogP) is 3.50. The molecular formula is C21H24N2O2. The van der Waals surface area contributed by atoms with Gasteiger partial charge in [-0.15, -0.1) is 0 Å². The van der Waals surface area contributed by atoms with Gasteiger partial charge in [-0.25, -0.2) is 0 Å². The Labute approximate surface area is 149 Å². The molecule has 3 rings (SSSR count). The summed E-state index contributed by atoms with van der Waals surface area (Å²) in [5.41, 5.74) is 3.63. The topological polar surface area (TPSA) is 40.6 Å². The number of benzene rings is 2. The molecule has 2 aromatic rings. The van der Waals surface area contributed by atoms with Crippen LogP contribution in [0, 0.1) is 6.92 Å². The summed E-state index contributed by atoms with van der Waals surface area (Å²) in [6.45, 7) is 4.43. The summed E-state index contributed by atoms with van der Waals surface area (Å²) in [6, 6.07) is 15.6. The fourth-order valence-electron chi connectivity index (χ4n) is 3.18. The van der Waals surface area contributed by atoms with Gasteiger partial charge in [-0.1, -0.05) is 42.0 Å². The molecule has 0 atom stereocenters. The molecule has 1 heterocycles. The van der Waals surface area contributed by atoms with Gasteiger partial charge in [0.25, 0.3) is 11.8 Å². The lowest BCUT2D eigenvalue weighted by molar-refractivity contribution is 0.0650. The molecule has 4 heteroatoms. The summed E-state index contributed by atoms with van der Waals surface area (Å²) in [5, 5.41) is 0. The molecule has 0 saturated carbocycles. The Kier molecular flexibility index (Phi) is 5.29. The molecule has 0 N–H and O–H groups in total. The summed E-state index contributed by atoms with van der Waals surface area (Å²) in [4.78, 5) is 28.2. The predicted molar refractivity (Wildman–Crippen MR) is 98.6 cm³/mol. The quantitative estimate of drug-likeness (QED) is 0.574.